The van der Waals surface area contributed by atoms with E-state index in [1.54, 1.807) is 0 Å². The summed E-state index contributed by atoms with van der Waals surface area (Å²) in [6.07, 6.45) is 3.12. The molecule has 0 aliphatic heterocycles. The fourth-order valence-electron chi connectivity index (χ4n) is 6.36. The summed E-state index contributed by atoms with van der Waals surface area (Å²) < 4.78 is 3.95. The lowest BCUT2D eigenvalue weighted by Crippen LogP contribution is -2.23. The minimum atomic E-state index is 0.0937. The summed E-state index contributed by atoms with van der Waals surface area (Å²) in [6, 6.07) is 40.4. The van der Waals surface area contributed by atoms with Crippen LogP contribution in [-0.2, 0) is 25.7 Å². The van der Waals surface area contributed by atoms with E-state index >= 15 is 0 Å². The van der Waals surface area contributed by atoms with Crippen LogP contribution in [0.3, 0.4) is 0 Å². The third kappa shape index (κ3) is 18.8. The molecule has 0 aliphatic carbocycles. The Balaban J connectivity index is 0.000000251. The Morgan fingerprint density at radius 2 is 0.606 bits per heavy atom. The van der Waals surface area contributed by atoms with Gasteiger partial charge in [0.15, 0.2) is 11.9 Å². The van der Waals surface area contributed by atoms with Gasteiger partial charge in [0.25, 0.3) is 0 Å². The Morgan fingerprint density at radius 3 is 0.864 bits per heavy atom. The molecule has 0 spiro atoms. The zero-order chi connectivity index (χ0) is 47.3. The van der Waals surface area contributed by atoms with Gasteiger partial charge in [-0.3, -0.25) is 9.98 Å². The summed E-state index contributed by atoms with van der Waals surface area (Å²) in [5, 5.41) is 0. The van der Waals surface area contributed by atoms with Crippen LogP contribution in [0.4, 0.5) is 0 Å². The van der Waals surface area contributed by atoms with Gasteiger partial charge in [-0.2, -0.15) is 0 Å². The fraction of sp³-hybridized carbons (Fsp3) is 0.148. The van der Waals surface area contributed by atoms with E-state index in [2.05, 4.69) is 145 Å². The van der Waals surface area contributed by atoms with Gasteiger partial charge in [-0.1, -0.05) is 123 Å². The lowest BCUT2D eigenvalue weighted by molar-refractivity contribution is 0.960. The van der Waals surface area contributed by atoms with Crippen LogP contribution in [-0.4, -0.2) is 38.1 Å². The number of guanidine groups is 2. The maximum atomic E-state index is 5.67. The van der Waals surface area contributed by atoms with E-state index in [-0.39, 0.29) is 11.9 Å². The molecule has 6 rings (SSSR count). The third-order valence-corrected chi connectivity index (χ3v) is 11.0. The third-order valence-electron chi connectivity index (χ3n) is 9.22. The molecular formula is C54H48Br4N8. The summed E-state index contributed by atoms with van der Waals surface area (Å²) in [7, 11) is 0. The molecule has 0 aromatic heterocycles. The Kier molecular flexibility index (Phi) is 20.7. The van der Waals surface area contributed by atoms with Gasteiger partial charge in [0.1, 0.15) is 0 Å². The number of nitrogens with zero attached hydrogens (tertiary/aromatic N) is 2. The van der Waals surface area contributed by atoms with Gasteiger partial charge in [-0.25, -0.2) is 0 Å². The van der Waals surface area contributed by atoms with Gasteiger partial charge < -0.3 is 34.4 Å². The van der Waals surface area contributed by atoms with Crippen molar-refractivity contribution < 1.29 is 0 Å². The highest BCUT2D eigenvalue weighted by atomic mass is 79.9. The minimum absolute atomic E-state index is 0.0937. The van der Waals surface area contributed by atoms with Crippen LogP contribution >= 0.6 is 63.7 Å². The molecule has 0 unspecified atom stereocenters. The van der Waals surface area contributed by atoms with Crippen LogP contribution in [0.5, 0.6) is 0 Å². The van der Waals surface area contributed by atoms with Crippen LogP contribution in [0.15, 0.2) is 149 Å². The van der Waals surface area contributed by atoms with E-state index in [0.717, 1.165) is 99.2 Å². The van der Waals surface area contributed by atoms with Gasteiger partial charge in [0.2, 0.25) is 0 Å². The van der Waals surface area contributed by atoms with Crippen molar-refractivity contribution >= 4 is 75.6 Å². The normalized spacial score (nSPS) is 9.91. The van der Waals surface area contributed by atoms with Crippen LogP contribution in [0, 0.1) is 47.4 Å². The standard InChI is InChI=1S/C28H26Br2N6.C26H22Br2N2/c29-25-15-21(13-23(17-25)8-10-35-27(31)32)6-4-19-2-1-3-20(12-19)5-7-22-14-24(18-26(30)16-22)9-11-36-28(33)34;27-25-15-21(13-23(17-25)8-10-29)6-4-19-2-1-3-20(12-19)5-7-22-14-24(9-11-30)18-26(28)16-22/h1-3,12-18H,8-11H2,(H4,31,32,35)(H4,33,34,36);1-3,12-18H,8-11,29-30H2. The van der Waals surface area contributed by atoms with Gasteiger partial charge in [-0.15, -0.1) is 0 Å². The quantitative estimate of drug-likeness (QED) is 0.0454. The molecule has 66 heavy (non-hydrogen) atoms. The van der Waals surface area contributed by atoms with E-state index in [1.165, 1.54) is 11.1 Å². The molecule has 332 valence electrons. The predicted octanol–water partition coefficient (Wildman–Crippen LogP) is 8.66. The largest absolute Gasteiger partial charge is 0.370 e. The monoisotopic (exact) mass is 1120 g/mol. The Morgan fingerprint density at radius 1 is 0.348 bits per heavy atom. The van der Waals surface area contributed by atoms with Crippen molar-refractivity contribution in [2.45, 2.75) is 25.7 Å². The molecule has 0 aliphatic rings. The van der Waals surface area contributed by atoms with E-state index in [0.29, 0.717) is 26.2 Å². The van der Waals surface area contributed by atoms with Gasteiger partial charge >= 0.3 is 0 Å². The Labute approximate surface area is 422 Å². The molecule has 0 atom stereocenters. The average Bonchev–Trinajstić information content (AvgIpc) is 3.26. The summed E-state index contributed by atoms with van der Waals surface area (Å²) in [5.41, 5.74) is 44.9. The van der Waals surface area contributed by atoms with Crippen LogP contribution < -0.4 is 34.4 Å². The lowest BCUT2D eigenvalue weighted by atomic mass is 10.1. The molecule has 12 N–H and O–H groups in total. The fourth-order valence-corrected chi connectivity index (χ4v) is 8.52. The topological polar surface area (TPSA) is 181 Å². The van der Waals surface area contributed by atoms with E-state index in [9.17, 15) is 0 Å². The van der Waals surface area contributed by atoms with Crippen molar-refractivity contribution in [3.05, 3.63) is 206 Å². The van der Waals surface area contributed by atoms with E-state index in [1.807, 2.05) is 97.1 Å². The number of hydrogen-bond acceptors (Lipinski definition) is 4. The molecule has 12 heteroatoms. The first-order valence-electron chi connectivity index (χ1n) is 20.8. The molecule has 0 bridgehead atoms. The Bertz CT molecular complexity index is 2780. The highest BCUT2D eigenvalue weighted by Gasteiger charge is 2.02. The van der Waals surface area contributed by atoms with E-state index < -0.39 is 0 Å². The molecule has 0 fully saturated rings. The van der Waals surface area contributed by atoms with Gasteiger partial charge in [0, 0.05) is 75.5 Å². The summed E-state index contributed by atoms with van der Waals surface area (Å²) >= 11 is 14.2. The molecule has 6 aromatic carbocycles. The molecule has 8 nitrogen and oxygen atoms in total. The molecule has 0 saturated carbocycles. The molecule has 0 heterocycles. The van der Waals surface area contributed by atoms with Crippen LogP contribution in [0.25, 0.3) is 0 Å². The Hall–Kier alpha value is -6.06. The van der Waals surface area contributed by atoms with Gasteiger partial charge in [-0.05, 0) is 170 Å². The smallest absolute Gasteiger partial charge is 0.185 e. The van der Waals surface area contributed by atoms with E-state index in [4.69, 9.17) is 34.4 Å². The van der Waals surface area contributed by atoms with Crippen molar-refractivity contribution in [2.75, 3.05) is 26.2 Å². The lowest BCUT2D eigenvalue weighted by Gasteiger charge is -2.02. The van der Waals surface area contributed by atoms with Crippen molar-refractivity contribution in [1.29, 1.82) is 0 Å². The maximum absolute atomic E-state index is 5.67. The summed E-state index contributed by atoms with van der Waals surface area (Å²) in [4.78, 5) is 8.08. The van der Waals surface area contributed by atoms with Crippen molar-refractivity contribution in [3.8, 4) is 47.4 Å². The van der Waals surface area contributed by atoms with Crippen molar-refractivity contribution in [2.24, 2.45) is 44.4 Å². The molecule has 0 radical (unpaired) electrons. The highest BCUT2D eigenvalue weighted by Crippen LogP contribution is 2.20. The first-order chi connectivity index (χ1) is 31.8. The van der Waals surface area contributed by atoms with Crippen molar-refractivity contribution in [3.63, 3.8) is 0 Å². The first-order valence-corrected chi connectivity index (χ1v) is 24.0. The highest BCUT2D eigenvalue weighted by molar-refractivity contribution is 9.11. The number of halogens is 4. The average molecular weight is 1130 g/mol. The summed E-state index contributed by atoms with van der Waals surface area (Å²) in [5.74, 6) is 26.1. The second-order valence-corrected chi connectivity index (χ2v) is 18.4. The minimum Gasteiger partial charge on any atom is -0.370 e. The summed E-state index contributed by atoms with van der Waals surface area (Å²) in [6.45, 7) is 2.30. The van der Waals surface area contributed by atoms with Crippen LogP contribution in [0.1, 0.15) is 66.8 Å². The zero-order valence-corrected chi connectivity index (χ0v) is 42.4. The second-order valence-electron chi connectivity index (χ2n) is 14.7. The first kappa shape index (κ1) is 50.9. The SMILES string of the molecule is NC(N)=NCCc1cc(Br)cc(C#Cc2cccc(C#Cc3cc(Br)cc(CCN=C(N)N)c3)c2)c1.NCCc1cc(Br)cc(C#Cc2cccc(C#Cc3cc(Br)cc(CCN)c3)c2)c1. The van der Waals surface area contributed by atoms with Crippen LogP contribution in [0.2, 0.25) is 0 Å². The van der Waals surface area contributed by atoms with Gasteiger partial charge in [0.05, 0.1) is 0 Å². The number of rotatable bonds is 10. The number of nitrogens with two attached hydrogens (primary N) is 6. The number of hydrogen-bond donors (Lipinski definition) is 6. The molecule has 0 amide bonds. The molecule has 0 saturated heterocycles. The van der Waals surface area contributed by atoms with Crippen molar-refractivity contribution in [1.82, 2.24) is 0 Å². The predicted molar refractivity (Wildman–Crippen MR) is 288 cm³/mol. The second kappa shape index (κ2) is 26.8. The zero-order valence-electron chi connectivity index (χ0n) is 36.1. The molecular weight excluding hydrogens is 1080 g/mol. The molecule has 6 aromatic rings. The number of benzene rings is 6. The number of aliphatic imine (C=N–C) groups is 2. The maximum Gasteiger partial charge on any atom is 0.185 e.